The van der Waals surface area contributed by atoms with Crippen LogP contribution >= 0.6 is 0 Å². The lowest BCUT2D eigenvalue weighted by molar-refractivity contribution is -0.385. The van der Waals surface area contributed by atoms with E-state index in [1.54, 1.807) is 0 Å². The second-order valence-corrected chi connectivity index (χ2v) is 7.73. The summed E-state index contributed by atoms with van der Waals surface area (Å²) in [5.74, 6) is -2.24. The molecule has 0 fully saturated rings. The number of nitro groups is 1. The summed E-state index contributed by atoms with van der Waals surface area (Å²) in [5, 5.41) is 12.6. The van der Waals surface area contributed by atoms with Crippen molar-refractivity contribution in [3.8, 4) is 0 Å². The van der Waals surface area contributed by atoms with Crippen LogP contribution in [0.4, 0.5) is 24.5 Å². The van der Waals surface area contributed by atoms with Gasteiger partial charge in [0.25, 0.3) is 11.6 Å². The predicted octanol–water partition coefficient (Wildman–Crippen LogP) is 2.32. The maximum atomic E-state index is 13.1. The first-order chi connectivity index (χ1) is 14.3. The molecule has 0 spiro atoms. The molecule has 0 aliphatic heterocycles. The zero-order valence-electron chi connectivity index (χ0n) is 15.6. The number of non-ortho nitro benzene ring substituents is 1. The minimum atomic E-state index is -5.00. The number of hydrogen-bond donors (Lipinski definition) is 2. The zero-order chi connectivity index (χ0) is 23.4. The van der Waals surface area contributed by atoms with Crippen LogP contribution in [0.15, 0.2) is 47.4 Å². The molecule has 0 aliphatic carbocycles. The van der Waals surface area contributed by atoms with Gasteiger partial charge in [-0.15, -0.1) is 0 Å². The van der Waals surface area contributed by atoms with E-state index >= 15 is 0 Å². The van der Waals surface area contributed by atoms with Gasteiger partial charge >= 0.3 is 12.1 Å². The van der Waals surface area contributed by atoms with Crippen molar-refractivity contribution in [1.82, 2.24) is 4.72 Å². The number of nitrogens with one attached hydrogen (secondary N) is 2. The van der Waals surface area contributed by atoms with Crippen molar-refractivity contribution in [3.05, 3.63) is 63.7 Å². The molecular weight excluding hydrogens is 447 g/mol. The van der Waals surface area contributed by atoms with Gasteiger partial charge in [0.2, 0.25) is 10.0 Å². The van der Waals surface area contributed by atoms with Crippen LogP contribution in [0.3, 0.4) is 0 Å². The van der Waals surface area contributed by atoms with Crippen molar-refractivity contribution in [1.29, 1.82) is 0 Å². The summed E-state index contributed by atoms with van der Waals surface area (Å²) in [5.41, 5.74) is -3.25. The number of rotatable bonds is 7. The molecule has 0 saturated carbocycles. The molecule has 1 amide bonds. The molecule has 2 N–H and O–H groups in total. The summed E-state index contributed by atoms with van der Waals surface area (Å²) in [4.78, 5) is 33.4. The highest BCUT2D eigenvalue weighted by Crippen LogP contribution is 2.37. The number of ether oxygens (including phenoxy) is 1. The lowest BCUT2D eigenvalue weighted by Crippen LogP contribution is -2.23. The average Bonchev–Trinajstić information content (AvgIpc) is 2.71. The van der Waals surface area contributed by atoms with Gasteiger partial charge in [0.15, 0.2) is 6.61 Å². The van der Waals surface area contributed by atoms with Gasteiger partial charge in [-0.25, -0.2) is 17.9 Å². The van der Waals surface area contributed by atoms with Crippen LogP contribution in [0, 0.1) is 10.1 Å². The Kier molecular flexibility index (Phi) is 6.97. The third-order valence-corrected chi connectivity index (χ3v) is 5.19. The fraction of sp³-hybridized carbons (Fsp3) is 0.176. The van der Waals surface area contributed by atoms with Crippen molar-refractivity contribution < 1.29 is 40.8 Å². The van der Waals surface area contributed by atoms with E-state index in [1.807, 2.05) is 5.32 Å². The van der Waals surface area contributed by atoms with Crippen LogP contribution in [0.1, 0.15) is 15.9 Å². The maximum absolute atomic E-state index is 13.1. The molecule has 0 unspecified atom stereocenters. The van der Waals surface area contributed by atoms with E-state index in [-0.39, 0.29) is 16.5 Å². The van der Waals surface area contributed by atoms with Gasteiger partial charge in [0.1, 0.15) is 0 Å². The van der Waals surface area contributed by atoms with E-state index < -0.39 is 56.5 Å². The number of benzene rings is 2. The van der Waals surface area contributed by atoms with Crippen LogP contribution in [0.2, 0.25) is 0 Å². The molecule has 0 atom stereocenters. The summed E-state index contributed by atoms with van der Waals surface area (Å²) >= 11 is 0. The first kappa shape index (κ1) is 23.8. The molecule has 0 aliphatic rings. The molecule has 0 radical (unpaired) electrons. The van der Waals surface area contributed by atoms with Crippen molar-refractivity contribution in [2.75, 3.05) is 19.0 Å². The van der Waals surface area contributed by atoms with Crippen molar-refractivity contribution in [2.45, 2.75) is 11.1 Å². The Morgan fingerprint density at radius 3 is 2.42 bits per heavy atom. The molecule has 2 rings (SSSR count). The number of alkyl halides is 3. The monoisotopic (exact) mass is 461 g/mol. The quantitative estimate of drug-likeness (QED) is 0.366. The van der Waals surface area contributed by atoms with Gasteiger partial charge < -0.3 is 10.1 Å². The van der Waals surface area contributed by atoms with Crippen LogP contribution in [-0.2, 0) is 25.7 Å². The number of amides is 1. The van der Waals surface area contributed by atoms with Gasteiger partial charge in [-0.2, -0.15) is 13.2 Å². The average molecular weight is 461 g/mol. The minimum Gasteiger partial charge on any atom is -0.452 e. The Labute approximate surface area is 173 Å². The van der Waals surface area contributed by atoms with Crippen molar-refractivity contribution >= 4 is 33.3 Å². The van der Waals surface area contributed by atoms with Gasteiger partial charge in [-0.3, -0.25) is 14.9 Å². The standard InChI is InChI=1S/C17H14F3N3O7S/c1-21-31(28,29)12-4-2-3-10(7-12)16(25)30-9-15(24)22-14-6-5-11(23(26)27)8-13(14)17(18,19)20/h2-8,21H,9H2,1H3,(H,22,24). The number of nitrogens with zero attached hydrogens (tertiary/aromatic N) is 1. The zero-order valence-corrected chi connectivity index (χ0v) is 16.4. The summed E-state index contributed by atoms with van der Waals surface area (Å²) < 4.78 is 69.7. The summed E-state index contributed by atoms with van der Waals surface area (Å²) in [6.07, 6.45) is -5.00. The number of carbonyl (C=O) groups is 2. The normalized spacial score (nSPS) is 11.6. The predicted molar refractivity (Wildman–Crippen MR) is 99.7 cm³/mol. The van der Waals surface area contributed by atoms with E-state index in [0.29, 0.717) is 6.07 Å². The number of sulfonamides is 1. The van der Waals surface area contributed by atoms with Gasteiger partial charge in [-0.05, 0) is 31.3 Å². The largest absolute Gasteiger partial charge is 0.452 e. The van der Waals surface area contributed by atoms with Gasteiger partial charge in [0, 0.05) is 12.1 Å². The fourth-order valence-electron chi connectivity index (χ4n) is 2.30. The maximum Gasteiger partial charge on any atom is 0.418 e. The van der Waals surface area contributed by atoms with Crippen molar-refractivity contribution in [2.24, 2.45) is 0 Å². The number of esters is 1. The Hall–Kier alpha value is -3.52. The lowest BCUT2D eigenvalue weighted by atomic mass is 10.1. The molecule has 0 bridgehead atoms. The van der Waals surface area contributed by atoms with E-state index in [4.69, 9.17) is 4.74 Å². The number of carbonyl (C=O) groups excluding carboxylic acids is 2. The molecule has 2 aromatic rings. The molecule has 2 aromatic carbocycles. The van der Waals surface area contributed by atoms with Gasteiger partial charge in [-0.1, -0.05) is 6.07 Å². The number of hydrogen-bond acceptors (Lipinski definition) is 7. The molecule has 0 saturated heterocycles. The fourth-order valence-corrected chi connectivity index (χ4v) is 3.07. The van der Waals surface area contributed by atoms with Crippen LogP contribution in [0.25, 0.3) is 0 Å². The molecule has 14 heteroatoms. The Morgan fingerprint density at radius 2 is 1.84 bits per heavy atom. The molecule has 166 valence electrons. The molecule has 0 aromatic heterocycles. The minimum absolute atomic E-state index is 0.213. The van der Waals surface area contributed by atoms with Crippen molar-refractivity contribution in [3.63, 3.8) is 0 Å². The lowest BCUT2D eigenvalue weighted by Gasteiger charge is -2.13. The van der Waals surface area contributed by atoms with Crippen LogP contribution < -0.4 is 10.0 Å². The SMILES string of the molecule is CNS(=O)(=O)c1cccc(C(=O)OCC(=O)Nc2ccc([N+](=O)[O-])cc2C(F)(F)F)c1. The van der Waals surface area contributed by atoms with Crippen LogP contribution in [-0.4, -0.2) is 38.9 Å². The highest BCUT2D eigenvalue weighted by Gasteiger charge is 2.35. The van der Waals surface area contributed by atoms with E-state index in [2.05, 4.69) is 4.72 Å². The Balaban J connectivity index is 2.12. The molecule has 0 heterocycles. The molecule has 31 heavy (non-hydrogen) atoms. The number of nitro benzene ring substituents is 1. The van der Waals surface area contributed by atoms with E-state index in [1.165, 1.54) is 18.2 Å². The topological polar surface area (TPSA) is 145 Å². The second-order valence-electron chi connectivity index (χ2n) is 5.84. The highest BCUT2D eigenvalue weighted by molar-refractivity contribution is 7.89. The van der Waals surface area contributed by atoms with E-state index in [0.717, 1.165) is 19.2 Å². The number of anilines is 1. The summed E-state index contributed by atoms with van der Waals surface area (Å²) in [6.45, 7) is -0.990. The first-order valence-electron chi connectivity index (χ1n) is 8.21. The summed E-state index contributed by atoms with van der Waals surface area (Å²) in [7, 11) is -2.68. The Bertz CT molecular complexity index is 1130. The number of halogens is 3. The summed E-state index contributed by atoms with van der Waals surface area (Å²) in [6, 6.07) is 6.40. The molecule has 10 nitrogen and oxygen atoms in total. The Morgan fingerprint density at radius 1 is 1.16 bits per heavy atom. The van der Waals surface area contributed by atoms with E-state index in [9.17, 15) is 41.3 Å². The molecular formula is C17H14F3N3O7S. The second kappa shape index (κ2) is 9.09. The smallest absolute Gasteiger partial charge is 0.418 e. The highest BCUT2D eigenvalue weighted by atomic mass is 32.2. The third kappa shape index (κ3) is 5.99. The first-order valence-corrected chi connectivity index (χ1v) is 9.69. The van der Waals surface area contributed by atoms with Crippen LogP contribution in [0.5, 0.6) is 0 Å². The third-order valence-electron chi connectivity index (χ3n) is 3.78. The van der Waals surface area contributed by atoms with Gasteiger partial charge in [0.05, 0.1) is 26.6 Å².